The van der Waals surface area contributed by atoms with E-state index in [2.05, 4.69) is 20.6 Å². The molecule has 0 saturated carbocycles. The minimum atomic E-state index is -0.284. The summed E-state index contributed by atoms with van der Waals surface area (Å²) >= 11 is 0. The number of carbonyl (C=O) groups excluding carboxylic acids is 1. The van der Waals surface area contributed by atoms with Gasteiger partial charge in [-0.3, -0.25) is 4.79 Å². The zero-order chi connectivity index (χ0) is 20.5. The van der Waals surface area contributed by atoms with Crippen LogP contribution in [0.15, 0.2) is 60.9 Å². The SMILES string of the molecule is COc1ccc(OCCNC(=O)c2cnc(NCc3ccc(F)cc3)nc2)cc1. The second-order valence-corrected chi connectivity index (χ2v) is 6.06. The van der Waals surface area contributed by atoms with Crippen molar-refractivity contribution >= 4 is 11.9 Å². The maximum Gasteiger partial charge on any atom is 0.254 e. The summed E-state index contributed by atoms with van der Waals surface area (Å²) in [6, 6.07) is 13.3. The molecule has 2 aromatic carbocycles. The Morgan fingerprint density at radius 3 is 2.31 bits per heavy atom. The first-order valence-electron chi connectivity index (χ1n) is 8.99. The molecule has 0 bridgehead atoms. The lowest BCUT2D eigenvalue weighted by Gasteiger charge is -2.09. The molecule has 0 radical (unpaired) electrons. The first-order valence-corrected chi connectivity index (χ1v) is 8.99. The number of aromatic nitrogens is 2. The predicted octanol–water partition coefficient (Wildman–Crippen LogP) is 3.05. The standard InChI is InChI=1S/C21H21FN4O3/c1-28-18-6-8-19(9-7-18)29-11-10-23-20(27)16-13-25-21(26-14-16)24-12-15-2-4-17(22)5-3-15/h2-9,13-14H,10-12H2,1H3,(H,23,27)(H,24,25,26). The molecule has 0 fully saturated rings. The van der Waals surface area contributed by atoms with E-state index in [9.17, 15) is 9.18 Å². The van der Waals surface area contributed by atoms with Gasteiger partial charge in [0, 0.05) is 18.9 Å². The molecule has 0 saturated heterocycles. The van der Waals surface area contributed by atoms with Crippen molar-refractivity contribution in [2.75, 3.05) is 25.6 Å². The van der Waals surface area contributed by atoms with Crippen molar-refractivity contribution in [3.8, 4) is 11.5 Å². The maximum absolute atomic E-state index is 12.9. The van der Waals surface area contributed by atoms with Gasteiger partial charge in [0.1, 0.15) is 23.9 Å². The Balaban J connectivity index is 1.40. The van der Waals surface area contributed by atoms with Gasteiger partial charge in [0.2, 0.25) is 5.95 Å². The molecular weight excluding hydrogens is 375 g/mol. The number of hydrogen-bond acceptors (Lipinski definition) is 6. The number of hydrogen-bond donors (Lipinski definition) is 2. The topological polar surface area (TPSA) is 85.4 Å². The second kappa shape index (κ2) is 10.0. The van der Waals surface area contributed by atoms with E-state index in [0.717, 1.165) is 11.3 Å². The van der Waals surface area contributed by atoms with E-state index >= 15 is 0 Å². The molecule has 29 heavy (non-hydrogen) atoms. The summed E-state index contributed by atoms with van der Waals surface area (Å²) in [4.78, 5) is 20.4. The van der Waals surface area contributed by atoms with Gasteiger partial charge in [-0.2, -0.15) is 0 Å². The van der Waals surface area contributed by atoms with Gasteiger partial charge >= 0.3 is 0 Å². The summed E-state index contributed by atoms with van der Waals surface area (Å²) in [5, 5.41) is 5.77. The minimum absolute atomic E-state index is 0.283. The van der Waals surface area contributed by atoms with Crippen molar-refractivity contribution in [1.82, 2.24) is 15.3 Å². The number of methoxy groups -OCH3 is 1. The summed E-state index contributed by atoms with van der Waals surface area (Å²) < 4.78 is 23.5. The number of halogens is 1. The molecule has 8 heteroatoms. The molecule has 150 valence electrons. The largest absolute Gasteiger partial charge is 0.497 e. The number of rotatable bonds is 9. The van der Waals surface area contributed by atoms with Gasteiger partial charge in [0.05, 0.1) is 19.2 Å². The number of ether oxygens (including phenoxy) is 2. The van der Waals surface area contributed by atoms with Gasteiger partial charge in [-0.1, -0.05) is 12.1 Å². The lowest BCUT2D eigenvalue weighted by atomic mass is 10.2. The molecule has 2 N–H and O–H groups in total. The number of benzene rings is 2. The quantitative estimate of drug-likeness (QED) is 0.541. The van der Waals surface area contributed by atoms with Crippen molar-refractivity contribution in [3.05, 3.63) is 77.9 Å². The highest BCUT2D eigenvalue weighted by molar-refractivity contribution is 5.93. The highest BCUT2D eigenvalue weighted by Gasteiger charge is 2.07. The molecule has 0 atom stereocenters. The van der Waals surface area contributed by atoms with Crippen molar-refractivity contribution in [2.24, 2.45) is 0 Å². The molecule has 3 rings (SSSR count). The molecule has 1 heterocycles. The fraction of sp³-hybridized carbons (Fsp3) is 0.190. The van der Waals surface area contributed by atoms with E-state index in [1.165, 1.54) is 24.5 Å². The van der Waals surface area contributed by atoms with Crippen LogP contribution >= 0.6 is 0 Å². The number of carbonyl (C=O) groups is 1. The molecular formula is C21H21FN4O3. The van der Waals surface area contributed by atoms with Crippen LogP contribution in [0.5, 0.6) is 11.5 Å². The van der Waals surface area contributed by atoms with Crippen molar-refractivity contribution in [2.45, 2.75) is 6.54 Å². The Labute approximate surface area is 167 Å². The monoisotopic (exact) mass is 396 g/mol. The molecule has 1 aromatic heterocycles. The maximum atomic E-state index is 12.9. The second-order valence-electron chi connectivity index (χ2n) is 6.06. The van der Waals surface area contributed by atoms with Crippen molar-refractivity contribution < 1.29 is 18.7 Å². The minimum Gasteiger partial charge on any atom is -0.497 e. The third-order valence-corrected chi connectivity index (χ3v) is 3.99. The number of nitrogens with zero attached hydrogens (tertiary/aromatic N) is 2. The predicted molar refractivity (Wildman–Crippen MR) is 107 cm³/mol. The summed E-state index contributed by atoms with van der Waals surface area (Å²) in [7, 11) is 1.60. The normalized spacial score (nSPS) is 10.3. The van der Waals surface area contributed by atoms with Crippen LogP contribution in [-0.2, 0) is 6.54 Å². The van der Waals surface area contributed by atoms with Gasteiger partial charge in [-0.05, 0) is 42.0 Å². The lowest BCUT2D eigenvalue weighted by molar-refractivity contribution is 0.0946. The van der Waals surface area contributed by atoms with E-state index in [1.54, 1.807) is 43.5 Å². The highest BCUT2D eigenvalue weighted by atomic mass is 19.1. The number of amides is 1. The average Bonchev–Trinajstić information content (AvgIpc) is 2.77. The fourth-order valence-corrected chi connectivity index (χ4v) is 2.43. The van der Waals surface area contributed by atoms with Crippen LogP contribution in [0.25, 0.3) is 0 Å². The van der Waals surface area contributed by atoms with Crippen LogP contribution in [0.3, 0.4) is 0 Å². The van der Waals surface area contributed by atoms with Crippen LogP contribution < -0.4 is 20.1 Å². The molecule has 0 aliphatic carbocycles. The van der Waals surface area contributed by atoms with E-state index in [1.807, 2.05) is 0 Å². The van der Waals surface area contributed by atoms with E-state index in [0.29, 0.717) is 37.0 Å². The number of anilines is 1. The van der Waals surface area contributed by atoms with Crippen LogP contribution in [0, 0.1) is 5.82 Å². The molecule has 0 aliphatic rings. The Hall–Kier alpha value is -3.68. The molecule has 0 unspecified atom stereocenters. The smallest absolute Gasteiger partial charge is 0.254 e. The van der Waals surface area contributed by atoms with Crippen LogP contribution in [0.4, 0.5) is 10.3 Å². The summed E-state index contributed by atoms with van der Waals surface area (Å²) in [5.41, 5.74) is 1.25. The summed E-state index contributed by atoms with van der Waals surface area (Å²) in [6.45, 7) is 1.13. The summed E-state index contributed by atoms with van der Waals surface area (Å²) in [6.07, 6.45) is 2.89. The number of nitrogens with one attached hydrogen (secondary N) is 2. The van der Waals surface area contributed by atoms with Gasteiger partial charge in [-0.15, -0.1) is 0 Å². The van der Waals surface area contributed by atoms with Crippen LogP contribution in [-0.4, -0.2) is 36.1 Å². The average molecular weight is 396 g/mol. The Morgan fingerprint density at radius 2 is 1.66 bits per heavy atom. The van der Waals surface area contributed by atoms with E-state index in [4.69, 9.17) is 9.47 Å². The van der Waals surface area contributed by atoms with Crippen LogP contribution in [0.1, 0.15) is 15.9 Å². The van der Waals surface area contributed by atoms with Crippen molar-refractivity contribution in [3.63, 3.8) is 0 Å². The van der Waals surface area contributed by atoms with Gasteiger partial charge in [-0.25, -0.2) is 14.4 Å². The first kappa shape index (κ1) is 20.1. The summed E-state index contributed by atoms with van der Waals surface area (Å²) in [5.74, 6) is 1.26. The molecule has 0 aliphatic heterocycles. The zero-order valence-electron chi connectivity index (χ0n) is 15.9. The van der Waals surface area contributed by atoms with E-state index < -0.39 is 0 Å². The zero-order valence-corrected chi connectivity index (χ0v) is 15.9. The molecule has 3 aromatic rings. The molecule has 1 amide bonds. The van der Waals surface area contributed by atoms with Gasteiger partial charge < -0.3 is 20.1 Å². The Morgan fingerprint density at radius 1 is 1.00 bits per heavy atom. The molecule has 7 nitrogen and oxygen atoms in total. The Kier molecular flexibility index (Phi) is 6.94. The third kappa shape index (κ3) is 6.17. The lowest BCUT2D eigenvalue weighted by Crippen LogP contribution is -2.28. The highest BCUT2D eigenvalue weighted by Crippen LogP contribution is 2.16. The van der Waals surface area contributed by atoms with Gasteiger partial charge in [0.25, 0.3) is 5.91 Å². The van der Waals surface area contributed by atoms with Crippen molar-refractivity contribution in [1.29, 1.82) is 0 Å². The van der Waals surface area contributed by atoms with E-state index in [-0.39, 0.29) is 11.7 Å². The Bertz CT molecular complexity index is 916. The molecule has 0 spiro atoms. The van der Waals surface area contributed by atoms with Gasteiger partial charge in [0.15, 0.2) is 0 Å². The fourth-order valence-electron chi connectivity index (χ4n) is 2.43. The third-order valence-electron chi connectivity index (χ3n) is 3.99. The van der Waals surface area contributed by atoms with Crippen LogP contribution in [0.2, 0.25) is 0 Å². The first-order chi connectivity index (χ1) is 14.1.